The van der Waals surface area contributed by atoms with Gasteiger partial charge in [0.1, 0.15) is 6.33 Å². The number of anilines is 2. The van der Waals surface area contributed by atoms with E-state index < -0.39 is 4.92 Å². The molecule has 0 amide bonds. The molecule has 0 unspecified atom stereocenters. The highest BCUT2D eigenvalue weighted by molar-refractivity contribution is 5.69. The molecule has 0 bridgehead atoms. The van der Waals surface area contributed by atoms with Crippen molar-refractivity contribution in [2.24, 2.45) is 0 Å². The van der Waals surface area contributed by atoms with Crippen LogP contribution in [0.4, 0.5) is 17.2 Å². The highest BCUT2D eigenvalue weighted by atomic mass is 16.6. The monoisotopic (exact) mass is 302 g/mol. The number of rotatable bonds is 5. The highest BCUT2D eigenvalue weighted by Crippen LogP contribution is 2.33. The van der Waals surface area contributed by atoms with Crippen LogP contribution in [-0.4, -0.2) is 21.0 Å². The average molecular weight is 302 g/mol. The molecule has 1 heterocycles. The molecule has 22 heavy (non-hydrogen) atoms. The second-order valence-corrected chi connectivity index (χ2v) is 5.30. The van der Waals surface area contributed by atoms with E-state index in [2.05, 4.69) is 15.3 Å². The summed E-state index contributed by atoms with van der Waals surface area (Å²) >= 11 is 0. The molecule has 0 spiro atoms. The summed E-state index contributed by atoms with van der Waals surface area (Å²) in [5.74, 6) is 0.0718. The van der Waals surface area contributed by atoms with Gasteiger partial charge in [-0.15, -0.1) is 0 Å². The predicted molar refractivity (Wildman–Crippen MR) is 83.6 cm³/mol. The van der Waals surface area contributed by atoms with Crippen molar-refractivity contribution in [2.45, 2.75) is 33.8 Å². The molecule has 0 aliphatic carbocycles. The van der Waals surface area contributed by atoms with Gasteiger partial charge in [0.05, 0.1) is 11.0 Å². The van der Waals surface area contributed by atoms with Crippen molar-refractivity contribution in [1.82, 2.24) is 9.97 Å². The Morgan fingerprint density at radius 2 is 1.82 bits per heavy atom. The fraction of sp³-hybridized carbons (Fsp3) is 0.333. The second-order valence-electron chi connectivity index (χ2n) is 5.30. The zero-order chi connectivity index (χ0) is 16.3. The lowest BCUT2D eigenvalue weighted by Gasteiger charge is -2.12. The van der Waals surface area contributed by atoms with Crippen molar-refractivity contribution in [2.75, 3.05) is 5.32 Å². The molecule has 1 aromatic carbocycles. The van der Waals surface area contributed by atoms with Crippen LogP contribution in [0.25, 0.3) is 0 Å². The first kappa shape index (κ1) is 15.7. The van der Waals surface area contributed by atoms with Gasteiger partial charge in [0.25, 0.3) is 5.88 Å². The van der Waals surface area contributed by atoms with Gasteiger partial charge < -0.3 is 10.1 Å². The molecule has 0 saturated heterocycles. The summed E-state index contributed by atoms with van der Waals surface area (Å²) in [6, 6.07) is 5.80. The van der Waals surface area contributed by atoms with Gasteiger partial charge in [-0.05, 0) is 51.0 Å². The van der Waals surface area contributed by atoms with Crippen molar-refractivity contribution in [3.63, 3.8) is 0 Å². The Labute approximate surface area is 128 Å². The molecule has 0 saturated carbocycles. The van der Waals surface area contributed by atoms with E-state index in [1.807, 2.05) is 32.0 Å². The SMILES string of the molecule is Cc1cc(C)cc(Nc2ncnc(OC(C)C)c2[N+](=O)[O-])c1. The van der Waals surface area contributed by atoms with E-state index in [-0.39, 0.29) is 23.5 Å². The number of ether oxygens (including phenoxy) is 1. The number of hydrogen-bond donors (Lipinski definition) is 1. The highest BCUT2D eigenvalue weighted by Gasteiger charge is 2.25. The summed E-state index contributed by atoms with van der Waals surface area (Å²) < 4.78 is 5.40. The van der Waals surface area contributed by atoms with Crippen LogP contribution in [0.1, 0.15) is 25.0 Å². The van der Waals surface area contributed by atoms with Crippen LogP contribution in [0.5, 0.6) is 5.88 Å². The number of nitro groups is 1. The molecular formula is C15H18N4O3. The van der Waals surface area contributed by atoms with E-state index >= 15 is 0 Å². The van der Waals surface area contributed by atoms with Crippen LogP contribution in [0.3, 0.4) is 0 Å². The Balaban J connectivity index is 2.43. The van der Waals surface area contributed by atoms with Crippen molar-refractivity contribution >= 4 is 17.2 Å². The smallest absolute Gasteiger partial charge is 0.373 e. The lowest BCUT2D eigenvalue weighted by atomic mass is 10.1. The number of benzene rings is 1. The Morgan fingerprint density at radius 3 is 2.36 bits per heavy atom. The zero-order valence-corrected chi connectivity index (χ0v) is 13.0. The van der Waals surface area contributed by atoms with Gasteiger partial charge in [0.15, 0.2) is 0 Å². The number of nitrogens with zero attached hydrogens (tertiary/aromatic N) is 3. The molecule has 2 rings (SSSR count). The van der Waals surface area contributed by atoms with Gasteiger partial charge >= 0.3 is 5.69 Å². The van der Waals surface area contributed by atoms with Gasteiger partial charge in [-0.3, -0.25) is 10.1 Å². The first-order valence-electron chi connectivity index (χ1n) is 6.88. The average Bonchev–Trinajstić information content (AvgIpc) is 2.36. The summed E-state index contributed by atoms with van der Waals surface area (Å²) in [4.78, 5) is 18.7. The van der Waals surface area contributed by atoms with Crippen LogP contribution < -0.4 is 10.1 Å². The third-order valence-corrected chi connectivity index (χ3v) is 2.80. The van der Waals surface area contributed by atoms with Gasteiger partial charge in [-0.2, -0.15) is 4.98 Å². The molecule has 1 N–H and O–H groups in total. The molecule has 0 fully saturated rings. The maximum absolute atomic E-state index is 11.4. The summed E-state index contributed by atoms with van der Waals surface area (Å²) in [5.41, 5.74) is 2.57. The van der Waals surface area contributed by atoms with E-state index in [1.165, 1.54) is 6.33 Å². The molecule has 7 heteroatoms. The van der Waals surface area contributed by atoms with E-state index in [4.69, 9.17) is 4.74 Å². The van der Waals surface area contributed by atoms with Crippen molar-refractivity contribution < 1.29 is 9.66 Å². The summed E-state index contributed by atoms with van der Waals surface area (Å²) in [6.45, 7) is 7.48. The van der Waals surface area contributed by atoms with Gasteiger partial charge in [-0.25, -0.2) is 4.98 Å². The normalized spacial score (nSPS) is 10.6. The minimum atomic E-state index is -0.539. The van der Waals surface area contributed by atoms with Gasteiger partial charge in [0, 0.05) is 5.69 Å². The molecule has 116 valence electrons. The third kappa shape index (κ3) is 3.69. The van der Waals surface area contributed by atoms with Crippen LogP contribution in [0, 0.1) is 24.0 Å². The number of hydrogen-bond acceptors (Lipinski definition) is 6. The Kier molecular flexibility index (Phi) is 4.55. The van der Waals surface area contributed by atoms with E-state index in [9.17, 15) is 10.1 Å². The summed E-state index contributed by atoms with van der Waals surface area (Å²) in [6.07, 6.45) is 1.03. The molecular weight excluding hydrogens is 284 g/mol. The van der Waals surface area contributed by atoms with Crippen LogP contribution in [0.2, 0.25) is 0 Å². The molecule has 0 radical (unpaired) electrons. The largest absolute Gasteiger partial charge is 0.470 e. The van der Waals surface area contributed by atoms with Crippen molar-refractivity contribution in [3.8, 4) is 5.88 Å². The molecule has 0 aliphatic rings. The van der Waals surface area contributed by atoms with Crippen molar-refractivity contribution in [1.29, 1.82) is 0 Å². The number of aryl methyl sites for hydroxylation is 2. The lowest BCUT2D eigenvalue weighted by molar-refractivity contribution is -0.385. The fourth-order valence-corrected chi connectivity index (χ4v) is 2.11. The predicted octanol–water partition coefficient (Wildman–Crippen LogP) is 3.53. The molecule has 2 aromatic rings. The van der Waals surface area contributed by atoms with Gasteiger partial charge in [0.2, 0.25) is 5.82 Å². The first-order valence-corrected chi connectivity index (χ1v) is 6.88. The maximum atomic E-state index is 11.4. The van der Waals surface area contributed by atoms with Gasteiger partial charge in [-0.1, -0.05) is 6.07 Å². The second kappa shape index (κ2) is 6.38. The van der Waals surface area contributed by atoms with E-state index in [0.29, 0.717) is 0 Å². The molecule has 0 aliphatic heterocycles. The summed E-state index contributed by atoms with van der Waals surface area (Å²) in [5, 5.41) is 14.3. The topological polar surface area (TPSA) is 90.2 Å². The molecule has 7 nitrogen and oxygen atoms in total. The van der Waals surface area contributed by atoms with E-state index in [1.54, 1.807) is 13.8 Å². The molecule has 1 aromatic heterocycles. The van der Waals surface area contributed by atoms with Crippen molar-refractivity contribution in [3.05, 3.63) is 45.8 Å². The Bertz CT molecular complexity index is 681. The Hall–Kier alpha value is -2.70. The lowest BCUT2D eigenvalue weighted by Crippen LogP contribution is -2.11. The standard InChI is InChI=1S/C15H18N4O3/c1-9(2)22-15-13(19(20)21)14(16-8-17-15)18-12-6-10(3)5-11(4)7-12/h5-9H,1-4H3,(H,16,17,18). The summed E-state index contributed by atoms with van der Waals surface area (Å²) in [7, 11) is 0. The third-order valence-electron chi connectivity index (χ3n) is 2.80. The van der Waals surface area contributed by atoms with E-state index in [0.717, 1.165) is 16.8 Å². The van der Waals surface area contributed by atoms with Crippen LogP contribution in [0.15, 0.2) is 24.5 Å². The fourth-order valence-electron chi connectivity index (χ4n) is 2.11. The quantitative estimate of drug-likeness (QED) is 0.671. The van der Waals surface area contributed by atoms with Crippen LogP contribution in [-0.2, 0) is 0 Å². The number of nitrogens with one attached hydrogen (secondary N) is 1. The minimum absolute atomic E-state index is 0.0399. The number of aromatic nitrogens is 2. The van der Waals surface area contributed by atoms with Crippen LogP contribution >= 0.6 is 0 Å². The first-order chi connectivity index (χ1) is 10.4. The minimum Gasteiger partial charge on any atom is -0.470 e. The maximum Gasteiger partial charge on any atom is 0.373 e. The Morgan fingerprint density at radius 1 is 1.18 bits per heavy atom. The molecule has 0 atom stereocenters. The zero-order valence-electron chi connectivity index (χ0n) is 13.0.